The summed E-state index contributed by atoms with van der Waals surface area (Å²) in [5.41, 5.74) is 5.87. The number of oxazole rings is 1. The predicted octanol–water partition coefficient (Wildman–Crippen LogP) is 5.05. The molecule has 1 heterocycles. The fourth-order valence-electron chi connectivity index (χ4n) is 3.47. The Morgan fingerprint density at radius 2 is 1.88 bits per heavy atom. The van der Waals surface area contributed by atoms with Crippen molar-refractivity contribution < 1.29 is 18.7 Å². The van der Waals surface area contributed by atoms with E-state index in [0.29, 0.717) is 52.3 Å². The molecule has 0 aliphatic heterocycles. The quantitative estimate of drug-likeness (QED) is 0.341. The zero-order valence-electron chi connectivity index (χ0n) is 18.6. The Bertz CT molecular complexity index is 1130. The number of benzene rings is 2. The number of carbonyl (C=O) groups excluding carboxylic acids is 2. The number of aromatic nitrogens is 1. The van der Waals surface area contributed by atoms with Crippen LogP contribution in [0.1, 0.15) is 41.6 Å². The van der Waals surface area contributed by atoms with Crippen LogP contribution in [0.2, 0.25) is 5.02 Å². The molecule has 174 valence electrons. The minimum atomic E-state index is -0.904. The van der Waals surface area contributed by atoms with Gasteiger partial charge in [-0.25, -0.2) is 4.98 Å². The number of carbonyl (C=O) groups is 2. The molecule has 0 saturated heterocycles. The van der Waals surface area contributed by atoms with E-state index in [1.807, 2.05) is 6.92 Å². The fourth-order valence-corrected chi connectivity index (χ4v) is 3.73. The molecule has 2 N–H and O–H groups in total. The highest BCUT2D eigenvalue weighted by molar-refractivity contribution is 6.30. The van der Waals surface area contributed by atoms with Crippen molar-refractivity contribution in [2.45, 2.75) is 32.1 Å². The first-order valence-corrected chi connectivity index (χ1v) is 11.2. The Morgan fingerprint density at radius 1 is 1.15 bits per heavy atom. The number of rotatable bonds is 8. The molecule has 0 aliphatic rings. The number of nitrogens with zero attached hydrogens (tertiary/aromatic N) is 1. The third-order valence-electron chi connectivity index (χ3n) is 5.43. The van der Waals surface area contributed by atoms with E-state index in [4.69, 9.17) is 32.4 Å². The smallest absolute Gasteiger partial charge is 0.269 e. The monoisotopic (exact) mass is 489 g/mol. The van der Waals surface area contributed by atoms with E-state index in [-0.39, 0.29) is 5.91 Å². The average molecular weight is 490 g/mol. The summed E-state index contributed by atoms with van der Waals surface area (Å²) in [5, 5.41) is 0.574. The lowest BCUT2D eigenvalue weighted by Crippen LogP contribution is -2.50. The number of aryl methyl sites for hydroxylation is 1. The maximum absolute atomic E-state index is 13.1. The molecule has 2 amide bonds. The lowest BCUT2D eigenvalue weighted by atomic mass is 9.78. The highest BCUT2D eigenvalue weighted by Crippen LogP contribution is 2.32. The average Bonchev–Trinajstić information content (AvgIpc) is 3.26. The summed E-state index contributed by atoms with van der Waals surface area (Å²) in [6.07, 6.45) is 2.71. The number of hydrazine groups is 1. The molecule has 2 aromatic carbocycles. The molecular weight excluding hydrogens is 465 g/mol. The SMILES string of the molecule is COc1cc(C(=O)NNC(=O)C(C)(CCCCl)c2ccc(Cl)cc2)ccc1-c1cnc(C)o1. The zero-order valence-corrected chi connectivity index (χ0v) is 20.1. The number of halogens is 2. The molecule has 0 radical (unpaired) electrons. The van der Waals surface area contributed by atoms with Crippen molar-refractivity contribution in [1.29, 1.82) is 0 Å². The number of amides is 2. The van der Waals surface area contributed by atoms with Gasteiger partial charge in [-0.3, -0.25) is 20.4 Å². The van der Waals surface area contributed by atoms with Gasteiger partial charge in [-0.1, -0.05) is 23.7 Å². The topological polar surface area (TPSA) is 93.5 Å². The van der Waals surface area contributed by atoms with Crippen LogP contribution in [0, 0.1) is 6.92 Å². The first-order valence-electron chi connectivity index (χ1n) is 10.3. The second-order valence-corrected chi connectivity index (χ2v) is 8.51. The second kappa shape index (κ2) is 10.7. The Morgan fingerprint density at radius 3 is 2.48 bits per heavy atom. The van der Waals surface area contributed by atoms with E-state index >= 15 is 0 Å². The number of ether oxygens (including phenoxy) is 1. The van der Waals surface area contributed by atoms with Gasteiger partial charge in [0.2, 0.25) is 5.91 Å². The highest BCUT2D eigenvalue weighted by Gasteiger charge is 2.35. The summed E-state index contributed by atoms with van der Waals surface area (Å²) in [7, 11) is 1.50. The van der Waals surface area contributed by atoms with Crippen LogP contribution in [-0.4, -0.2) is 29.8 Å². The van der Waals surface area contributed by atoms with E-state index in [2.05, 4.69) is 15.8 Å². The van der Waals surface area contributed by atoms with Crippen molar-refractivity contribution in [1.82, 2.24) is 15.8 Å². The van der Waals surface area contributed by atoms with Crippen molar-refractivity contribution >= 4 is 35.0 Å². The number of nitrogens with one attached hydrogen (secondary N) is 2. The van der Waals surface area contributed by atoms with Gasteiger partial charge in [0, 0.05) is 23.4 Å². The first kappa shape index (κ1) is 24.6. The number of methoxy groups -OCH3 is 1. The molecule has 0 bridgehead atoms. The molecule has 1 atom stereocenters. The van der Waals surface area contributed by atoms with E-state index < -0.39 is 11.3 Å². The molecule has 0 saturated carbocycles. The molecule has 9 heteroatoms. The largest absolute Gasteiger partial charge is 0.496 e. The van der Waals surface area contributed by atoms with Crippen molar-refractivity contribution in [3.63, 3.8) is 0 Å². The van der Waals surface area contributed by atoms with Gasteiger partial charge in [-0.05, 0) is 55.7 Å². The van der Waals surface area contributed by atoms with Crippen molar-refractivity contribution in [2.24, 2.45) is 0 Å². The van der Waals surface area contributed by atoms with E-state index in [9.17, 15) is 9.59 Å². The van der Waals surface area contributed by atoms with Gasteiger partial charge in [0.05, 0.1) is 24.3 Å². The van der Waals surface area contributed by atoms with Gasteiger partial charge in [-0.15, -0.1) is 11.6 Å². The molecule has 0 aliphatic carbocycles. The maximum atomic E-state index is 13.1. The Labute approximate surface area is 202 Å². The molecule has 0 spiro atoms. The molecule has 33 heavy (non-hydrogen) atoms. The Kier molecular flexibility index (Phi) is 8.00. The summed E-state index contributed by atoms with van der Waals surface area (Å²) < 4.78 is 11.0. The molecule has 1 unspecified atom stereocenters. The minimum absolute atomic E-state index is 0.307. The van der Waals surface area contributed by atoms with Crippen molar-refractivity contribution in [2.75, 3.05) is 13.0 Å². The van der Waals surface area contributed by atoms with Crippen LogP contribution >= 0.6 is 23.2 Å². The summed E-state index contributed by atoms with van der Waals surface area (Å²) >= 11 is 11.9. The molecule has 7 nitrogen and oxygen atoms in total. The van der Waals surface area contributed by atoms with Crippen LogP contribution in [0.4, 0.5) is 0 Å². The van der Waals surface area contributed by atoms with Crippen LogP contribution in [0.15, 0.2) is 53.1 Å². The van der Waals surface area contributed by atoms with Gasteiger partial charge < -0.3 is 9.15 Å². The minimum Gasteiger partial charge on any atom is -0.496 e. The molecule has 1 aromatic heterocycles. The fraction of sp³-hybridized carbons (Fsp3) is 0.292. The van der Waals surface area contributed by atoms with Crippen molar-refractivity contribution in [3.8, 4) is 17.1 Å². The standard InChI is InChI=1S/C24H25Cl2N3O4/c1-15-27-14-21(33-15)19-10-5-16(13-20(19)32-3)22(30)28-29-23(31)24(2,11-4-12-25)17-6-8-18(26)9-7-17/h5-10,13-14H,4,11-12H2,1-3H3,(H,28,30)(H,29,31). The van der Waals surface area contributed by atoms with Gasteiger partial charge in [0.15, 0.2) is 11.7 Å². The number of hydrogen-bond donors (Lipinski definition) is 2. The molecule has 3 aromatic rings. The lowest BCUT2D eigenvalue weighted by Gasteiger charge is -2.29. The van der Waals surface area contributed by atoms with E-state index in [1.165, 1.54) is 7.11 Å². The third-order valence-corrected chi connectivity index (χ3v) is 5.95. The number of alkyl halides is 1. The van der Waals surface area contributed by atoms with Gasteiger partial charge in [0.25, 0.3) is 5.91 Å². The predicted molar refractivity (Wildman–Crippen MR) is 128 cm³/mol. The van der Waals surface area contributed by atoms with Gasteiger partial charge in [-0.2, -0.15) is 0 Å². The highest BCUT2D eigenvalue weighted by atomic mass is 35.5. The molecular formula is C24H25Cl2N3O4. The third kappa shape index (κ3) is 5.67. The zero-order chi connectivity index (χ0) is 24.0. The Hall–Kier alpha value is -3.03. The summed E-state index contributed by atoms with van der Waals surface area (Å²) in [4.78, 5) is 29.9. The van der Waals surface area contributed by atoms with E-state index in [0.717, 1.165) is 5.56 Å². The van der Waals surface area contributed by atoms with Gasteiger partial charge in [0.1, 0.15) is 5.75 Å². The second-order valence-electron chi connectivity index (χ2n) is 7.70. The van der Waals surface area contributed by atoms with Crippen molar-refractivity contribution in [3.05, 3.63) is 70.7 Å². The summed E-state index contributed by atoms with van der Waals surface area (Å²) in [6.45, 7) is 3.55. The van der Waals surface area contributed by atoms with E-state index in [1.54, 1.807) is 55.6 Å². The van der Waals surface area contributed by atoms with Crippen LogP contribution in [0.5, 0.6) is 5.75 Å². The van der Waals surface area contributed by atoms with Crippen LogP contribution in [0.25, 0.3) is 11.3 Å². The molecule has 0 fully saturated rings. The normalized spacial score (nSPS) is 12.6. The lowest BCUT2D eigenvalue weighted by molar-refractivity contribution is -0.127. The first-order chi connectivity index (χ1) is 15.8. The van der Waals surface area contributed by atoms with Crippen LogP contribution in [0.3, 0.4) is 0 Å². The number of hydrogen-bond acceptors (Lipinski definition) is 5. The Balaban J connectivity index is 1.75. The summed E-state index contributed by atoms with van der Waals surface area (Å²) in [5.74, 6) is 1.07. The van der Waals surface area contributed by atoms with Crippen LogP contribution < -0.4 is 15.6 Å². The summed E-state index contributed by atoms with van der Waals surface area (Å²) in [6, 6.07) is 11.9. The van der Waals surface area contributed by atoms with Crippen LogP contribution in [-0.2, 0) is 10.2 Å². The molecule has 3 rings (SSSR count). The van der Waals surface area contributed by atoms with Gasteiger partial charge >= 0.3 is 0 Å². The maximum Gasteiger partial charge on any atom is 0.269 e.